The summed E-state index contributed by atoms with van der Waals surface area (Å²) < 4.78 is 74.6. The van der Waals surface area contributed by atoms with Crippen molar-refractivity contribution < 1.29 is 193 Å². The summed E-state index contributed by atoms with van der Waals surface area (Å²) in [6.45, 7) is -4.44. The molecule has 0 aliphatic carbocycles. The van der Waals surface area contributed by atoms with Crippen molar-refractivity contribution in [3.63, 3.8) is 0 Å². The lowest BCUT2D eigenvalue weighted by atomic mass is 9.88. The third kappa shape index (κ3) is 17.0. The van der Waals surface area contributed by atoms with Crippen molar-refractivity contribution in [3.8, 4) is 0 Å². The number of carboxylic acid groups (broad SMARTS) is 1. The van der Waals surface area contributed by atoms with Crippen LogP contribution in [-0.2, 0) is 80.8 Å². The quantitative estimate of drug-likeness (QED) is 0.0404. The topological polar surface area (TPSA) is 669 Å². The van der Waals surface area contributed by atoms with Gasteiger partial charge in [-0.15, -0.1) is 0 Å². The van der Waals surface area contributed by atoms with Crippen LogP contribution < -0.4 is 16.0 Å². The zero-order chi connectivity index (χ0) is 69.0. The third-order valence-corrected chi connectivity index (χ3v) is 16.7. The molecule has 0 radical (unpaired) electrons. The van der Waals surface area contributed by atoms with Gasteiger partial charge < -0.3 is 190 Å². The summed E-state index contributed by atoms with van der Waals surface area (Å²) in [4.78, 5) is 49.8. The predicted octanol–water partition coefficient (Wildman–Crippen LogP) is -16.6. The summed E-state index contributed by atoms with van der Waals surface area (Å²) in [5.74, 6) is -7.57. The highest BCUT2D eigenvalue weighted by atomic mass is 16.8. The number of nitrogens with one attached hydrogen (secondary N) is 3. The van der Waals surface area contributed by atoms with E-state index in [0.717, 1.165) is 20.8 Å². The molecule has 25 N–H and O–H groups in total. The molecule has 7 aliphatic heterocycles. The van der Waals surface area contributed by atoms with E-state index in [1.165, 1.54) is 0 Å². The van der Waals surface area contributed by atoms with Crippen LogP contribution in [0.5, 0.6) is 0 Å². The number of hydrogen-bond donors (Lipinski definition) is 25. The number of hydrogen-bond acceptors (Lipinski definition) is 38. The Balaban J connectivity index is 1.08. The van der Waals surface area contributed by atoms with Crippen molar-refractivity contribution in [1.82, 2.24) is 16.0 Å². The number of aliphatic hydroxyl groups excluding tert-OH is 21. The Morgan fingerprint density at radius 1 is 0.441 bits per heavy atom. The van der Waals surface area contributed by atoms with Crippen molar-refractivity contribution in [2.24, 2.45) is 0 Å². The van der Waals surface area contributed by atoms with E-state index in [2.05, 4.69) is 16.0 Å². The van der Waals surface area contributed by atoms with E-state index in [0.29, 0.717) is 0 Å². The predicted molar refractivity (Wildman–Crippen MR) is 284 cm³/mol. The standard InChI is InChI=1S/C51H85N3O39/c1-12(60)52-23-15(63)4-51(50(79)80,93-40(23)26(65)16(64)5-55)82-11-22-30(69)34(73)37(76)47(88-22)89-39-20(9-59)87-46(25(33(39)72)54-14(3)62)92-43-36(75)29(68)19(8-58)86-49(43)90-41-31(70)21(83-44(78)38(41)77)10-81-48-42(35(74)28(67)18(7-57)85-48)91-45-24(53-13(2)61)32(71)27(66)17(6-56)84-45/h15-49,55-59,63-78H,4-11H2,1-3H3,(H,52,60)(H,53,61)(H,54,62)(H,79,80)/t15-,16-,17-,18-,19+,20-,21+,22-,23+,24+,25+,26-,27-,28-,29+,30+,31+,32+,33+,34-,35-,36?,37-,38+,39-,40-,41+,42-,43-,44+,45+,46+,47+,48+,49+,51+/m0/s1. The molecule has 7 aliphatic rings. The lowest BCUT2D eigenvalue weighted by Gasteiger charge is -2.50. The van der Waals surface area contributed by atoms with Gasteiger partial charge >= 0.3 is 5.97 Å². The van der Waals surface area contributed by atoms with Gasteiger partial charge in [0.25, 0.3) is 5.79 Å². The van der Waals surface area contributed by atoms with Gasteiger partial charge in [-0.3, -0.25) is 14.4 Å². The van der Waals surface area contributed by atoms with Crippen LogP contribution in [0.4, 0.5) is 0 Å². The summed E-state index contributed by atoms with van der Waals surface area (Å²) in [6, 6.07) is -5.20. The van der Waals surface area contributed by atoms with E-state index in [1.54, 1.807) is 0 Å². The molecule has 7 heterocycles. The molecule has 3 amide bonds. The molecule has 0 saturated carbocycles. The summed E-state index contributed by atoms with van der Waals surface area (Å²) in [7, 11) is 0. The molecular weight excluding hydrogens is 1280 g/mol. The van der Waals surface area contributed by atoms with Crippen LogP contribution in [-0.4, -0.2) is 403 Å². The molecular formula is C51H85N3O39. The fraction of sp³-hybridized carbons (Fsp3) is 0.922. The minimum absolute atomic E-state index is 0.780. The average molecular weight is 1360 g/mol. The third-order valence-electron chi connectivity index (χ3n) is 16.7. The smallest absolute Gasteiger partial charge is 0.364 e. The summed E-state index contributed by atoms with van der Waals surface area (Å²) in [6.07, 6.45) is -66.6. The van der Waals surface area contributed by atoms with E-state index in [-0.39, 0.29) is 0 Å². The monoisotopic (exact) mass is 1360 g/mol. The Morgan fingerprint density at radius 3 is 1.39 bits per heavy atom. The normalized spacial score (nSPS) is 47.2. The maximum absolute atomic E-state index is 12.8. The van der Waals surface area contributed by atoms with Gasteiger partial charge in [-0.2, -0.15) is 0 Å². The maximum Gasteiger partial charge on any atom is 0.364 e. The lowest BCUT2D eigenvalue weighted by Crippen LogP contribution is -2.70. The number of carboxylic acids is 1. The van der Waals surface area contributed by atoms with E-state index in [9.17, 15) is 132 Å². The molecule has 7 rings (SSSR count). The van der Waals surface area contributed by atoms with E-state index in [4.69, 9.17) is 61.6 Å². The molecule has 0 aromatic rings. The first-order chi connectivity index (χ1) is 43.8. The molecule has 0 bridgehead atoms. The number of amides is 3. The molecule has 0 spiro atoms. The largest absolute Gasteiger partial charge is 0.477 e. The second-order valence-corrected chi connectivity index (χ2v) is 23.3. The fourth-order valence-corrected chi connectivity index (χ4v) is 11.7. The van der Waals surface area contributed by atoms with E-state index in [1.807, 2.05) is 0 Å². The van der Waals surface area contributed by atoms with Crippen molar-refractivity contribution in [3.05, 3.63) is 0 Å². The minimum atomic E-state index is -3.02. The van der Waals surface area contributed by atoms with Gasteiger partial charge in [-0.1, -0.05) is 0 Å². The fourth-order valence-electron chi connectivity index (χ4n) is 11.7. The van der Waals surface area contributed by atoms with Crippen molar-refractivity contribution in [2.75, 3.05) is 46.2 Å². The molecule has 1 unspecified atom stereocenters. The molecule has 42 heteroatoms. The van der Waals surface area contributed by atoms with Crippen molar-refractivity contribution in [2.45, 2.75) is 248 Å². The SMILES string of the molecule is CC(=O)N[C@H]1[C@@H](O[C@H]2C(O)[C@H](O)[C@@H](CO)O[C@@H]2O[C@H]2[C@@H](O)[C@H](O)O[C@H](CO[C@@H]3O[C@@H](CO)[C@H](O)[C@H](O)[C@@H]3O[C@H]3O[C@@H](CO)[C@H](O)[C@H](O)[C@H]3NC(C)=O)[C@H]2O)O[C@@H](CO)[C@H](O[C@H]2O[C@@H](CO[C@]3(C(=O)O)C[C@H](O)[C@@H](NC(C)=O)[C@@H]([C@@H](O)[C@@H](O)CO)O3)[C@@H](O)[C@H](O)[C@@H]2O)[C@@H]1O. The number of carbonyl (C=O) groups excluding carboxylic acids is 3. The van der Waals surface area contributed by atoms with Crippen molar-refractivity contribution >= 4 is 23.7 Å². The highest BCUT2D eigenvalue weighted by Gasteiger charge is 2.60. The summed E-state index contributed by atoms with van der Waals surface area (Å²) >= 11 is 0. The highest BCUT2D eigenvalue weighted by Crippen LogP contribution is 2.39. The Hall–Kier alpha value is -3.48. The molecule has 93 heavy (non-hydrogen) atoms. The second-order valence-electron chi connectivity index (χ2n) is 23.3. The summed E-state index contributed by atoms with van der Waals surface area (Å²) in [5, 5.41) is 245. The van der Waals surface area contributed by atoms with Crippen LogP contribution in [0.2, 0.25) is 0 Å². The molecule has 7 saturated heterocycles. The van der Waals surface area contributed by atoms with Crippen LogP contribution in [0.25, 0.3) is 0 Å². The van der Waals surface area contributed by atoms with Gasteiger partial charge in [0, 0.05) is 27.2 Å². The Kier molecular flexibility index (Phi) is 27.2. The Bertz CT molecular complexity index is 2420. The van der Waals surface area contributed by atoms with Crippen LogP contribution in [0.3, 0.4) is 0 Å². The molecule has 7 fully saturated rings. The molecule has 0 aromatic carbocycles. The van der Waals surface area contributed by atoms with Gasteiger partial charge in [0.1, 0.15) is 165 Å². The minimum Gasteiger partial charge on any atom is -0.477 e. The lowest BCUT2D eigenvalue weighted by molar-refractivity contribution is -0.391. The average Bonchev–Trinajstić information content (AvgIpc) is 0.779. The van der Waals surface area contributed by atoms with Gasteiger partial charge in [0.2, 0.25) is 17.7 Å². The van der Waals surface area contributed by atoms with Crippen LogP contribution in [0.15, 0.2) is 0 Å². The van der Waals surface area contributed by atoms with Crippen molar-refractivity contribution in [1.29, 1.82) is 0 Å². The maximum atomic E-state index is 12.8. The van der Waals surface area contributed by atoms with E-state index < -0.39 is 297 Å². The molecule has 36 atom stereocenters. The van der Waals surface area contributed by atoms with Crippen LogP contribution >= 0.6 is 0 Å². The first-order valence-electron chi connectivity index (χ1n) is 29.2. The number of ether oxygens (including phenoxy) is 13. The van der Waals surface area contributed by atoms with Crippen LogP contribution in [0, 0.1) is 0 Å². The second kappa shape index (κ2) is 32.9. The molecule has 0 aromatic heterocycles. The number of carbonyl (C=O) groups is 4. The van der Waals surface area contributed by atoms with Gasteiger partial charge in [-0.05, 0) is 0 Å². The first kappa shape index (κ1) is 76.9. The number of aliphatic hydroxyl groups is 21. The number of aliphatic carboxylic acids is 1. The van der Waals surface area contributed by atoms with Gasteiger partial charge in [0.05, 0.1) is 58.4 Å². The molecule has 42 nitrogen and oxygen atoms in total. The highest BCUT2D eigenvalue weighted by molar-refractivity contribution is 5.77. The van der Waals surface area contributed by atoms with Gasteiger partial charge in [0.15, 0.2) is 37.7 Å². The Morgan fingerprint density at radius 2 is 0.871 bits per heavy atom. The molecule has 538 valence electrons. The Labute approximate surface area is 525 Å². The van der Waals surface area contributed by atoms with Crippen LogP contribution in [0.1, 0.15) is 27.2 Å². The zero-order valence-electron chi connectivity index (χ0n) is 49.6. The first-order valence-corrected chi connectivity index (χ1v) is 29.2. The summed E-state index contributed by atoms with van der Waals surface area (Å²) in [5.41, 5.74) is 0. The number of rotatable bonds is 25. The van der Waals surface area contributed by atoms with E-state index >= 15 is 0 Å². The van der Waals surface area contributed by atoms with Gasteiger partial charge in [-0.25, -0.2) is 4.79 Å². The zero-order valence-corrected chi connectivity index (χ0v) is 49.6.